The number of benzene rings is 2. The molecule has 4 rings (SSSR count). The molecular formula is C22H18Cl2N4O2S2. The fourth-order valence-corrected chi connectivity index (χ4v) is 4.95. The van der Waals surface area contributed by atoms with Crippen molar-refractivity contribution in [1.82, 2.24) is 9.78 Å². The third kappa shape index (κ3) is 4.88. The lowest BCUT2D eigenvalue weighted by atomic mass is 10.2. The smallest absolute Gasteiger partial charge is 0.349 e. The Kier molecular flexibility index (Phi) is 6.66. The second-order valence-electron chi connectivity index (χ2n) is 6.98. The van der Waals surface area contributed by atoms with Crippen LogP contribution in [0.4, 0.5) is 11.5 Å². The predicted molar refractivity (Wildman–Crippen MR) is 136 cm³/mol. The standard InChI is InChI=1S/C22H18Cl2N4O2S2/c1-12-9-18(27-28(12)11-13-3-5-14(23)6-4-13)26-22(31)25-15-7-8-16-17(10-15)32-20(19(16)24)21(29)30-2/h3-10H,11H2,1-2H3,(H2,25,26,27,31). The van der Waals surface area contributed by atoms with Crippen molar-refractivity contribution in [1.29, 1.82) is 0 Å². The highest BCUT2D eigenvalue weighted by Crippen LogP contribution is 2.37. The number of nitrogens with one attached hydrogen (secondary N) is 2. The number of hydrogen-bond acceptors (Lipinski definition) is 5. The first kappa shape index (κ1) is 22.5. The molecule has 2 heterocycles. The fraction of sp³-hybridized carbons (Fsp3) is 0.136. The van der Waals surface area contributed by atoms with E-state index in [1.807, 2.05) is 60.1 Å². The Morgan fingerprint density at radius 3 is 2.62 bits per heavy atom. The predicted octanol–water partition coefficient (Wildman–Crippen LogP) is 6.36. The second-order valence-corrected chi connectivity index (χ2v) is 9.26. The minimum Gasteiger partial charge on any atom is -0.465 e. The summed E-state index contributed by atoms with van der Waals surface area (Å²) in [5.74, 6) is 0.189. The molecule has 4 aromatic rings. The SMILES string of the molecule is COC(=O)c1sc2cc(NC(=S)Nc3cc(C)n(Cc4ccc(Cl)cc4)n3)ccc2c1Cl. The Bertz CT molecular complexity index is 1320. The lowest BCUT2D eigenvalue weighted by Gasteiger charge is -2.09. The molecule has 0 amide bonds. The van der Waals surface area contributed by atoms with Crippen molar-refractivity contribution in [2.24, 2.45) is 0 Å². The Balaban J connectivity index is 1.45. The van der Waals surface area contributed by atoms with Gasteiger partial charge in [0.2, 0.25) is 0 Å². The highest BCUT2D eigenvalue weighted by Gasteiger charge is 2.18. The van der Waals surface area contributed by atoms with E-state index >= 15 is 0 Å². The maximum absolute atomic E-state index is 11.9. The third-order valence-corrected chi connectivity index (χ3v) is 6.82. The summed E-state index contributed by atoms with van der Waals surface area (Å²) in [4.78, 5) is 12.3. The van der Waals surface area contributed by atoms with Crippen LogP contribution in [-0.4, -0.2) is 28.0 Å². The number of carbonyl (C=O) groups excluding carboxylic acids is 1. The number of ether oxygens (including phenoxy) is 1. The molecule has 0 unspecified atom stereocenters. The molecule has 32 heavy (non-hydrogen) atoms. The second kappa shape index (κ2) is 9.46. The van der Waals surface area contributed by atoms with Crippen LogP contribution in [0.25, 0.3) is 10.1 Å². The molecule has 2 N–H and O–H groups in total. The first-order valence-corrected chi connectivity index (χ1v) is 11.5. The van der Waals surface area contributed by atoms with Crippen molar-refractivity contribution in [3.8, 4) is 0 Å². The summed E-state index contributed by atoms with van der Waals surface area (Å²) < 4.78 is 7.53. The van der Waals surface area contributed by atoms with Gasteiger partial charge in [0.1, 0.15) is 4.88 Å². The first-order valence-electron chi connectivity index (χ1n) is 9.51. The summed E-state index contributed by atoms with van der Waals surface area (Å²) in [6.07, 6.45) is 0. The summed E-state index contributed by atoms with van der Waals surface area (Å²) in [5.41, 5.74) is 2.86. The molecule has 0 saturated carbocycles. The largest absolute Gasteiger partial charge is 0.465 e. The van der Waals surface area contributed by atoms with Crippen LogP contribution in [0.2, 0.25) is 10.0 Å². The summed E-state index contributed by atoms with van der Waals surface area (Å²) in [5, 5.41) is 13.1. The molecule has 0 bridgehead atoms. The average Bonchev–Trinajstić information content (AvgIpc) is 3.27. The number of anilines is 2. The zero-order valence-electron chi connectivity index (χ0n) is 17.1. The monoisotopic (exact) mass is 504 g/mol. The van der Waals surface area contributed by atoms with E-state index in [1.54, 1.807) is 0 Å². The van der Waals surface area contributed by atoms with Crippen molar-refractivity contribution in [3.63, 3.8) is 0 Å². The Morgan fingerprint density at radius 2 is 1.91 bits per heavy atom. The number of halogens is 2. The van der Waals surface area contributed by atoms with E-state index < -0.39 is 5.97 Å². The van der Waals surface area contributed by atoms with Crippen LogP contribution in [0, 0.1) is 6.92 Å². The number of esters is 1. The molecule has 0 aliphatic carbocycles. The van der Waals surface area contributed by atoms with Gasteiger partial charge in [-0.05, 0) is 55.0 Å². The van der Waals surface area contributed by atoms with Gasteiger partial charge in [0, 0.05) is 32.6 Å². The Labute approximate surface area is 204 Å². The van der Waals surface area contributed by atoms with Gasteiger partial charge in [-0.15, -0.1) is 11.3 Å². The third-order valence-electron chi connectivity index (χ3n) is 4.73. The van der Waals surface area contributed by atoms with E-state index in [0.717, 1.165) is 27.0 Å². The van der Waals surface area contributed by atoms with Gasteiger partial charge in [-0.1, -0.05) is 35.3 Å². The molecule has 0 fully saturated rings. The first-order chi connectivity index (χ1) is 15.3. The molecule has 2 aromatic carbocycles. The van der Waals surface area contributed by atoms with Crippen LogP contribution < -0.4 is 10.6 Å². The van der Waals surface area contributed by atoms with Gasteiger partial charge in [0.05, 0.1) is 18.7 Å². The number of thiocarbonyl (C=S) groups is 1. The fourth-order valence-electron chi connectivity index (χ4n) is 3.14. The van der Waals surface area contributed by atoms with Crippen LogP contribution in [-0.2, 0) is 11.3 Å². The number of aromatic nitrogens is 2. The van der Waals surface area contributed by atoms with Gasteiger partial charge in [-0.25, -0.2) is 4.79 Å². The number of rotatable bonds is 5. The van der Waals surface area contributed by atoms with Crippen molar-refractivity contribution >= 4 is 79.4 Å². The highest BCUT2D eigenvalue weighted by molar-refractivity contribution is 7.80. The lowest BCUT2D eigenvalue weighted by molar-refractivity contribution is 0.0606. The van der Waals surface area contributed by atoms with E-state index in [0.29, 0.717) is 32.4 Å². The lowest BCUT2D eigenvalue weighted by Crippen LogP contribution is -2.19. The van der Waals surface area contributed by atoms with E-state index in [-0.39, 0.29) is 0 Å². The molecular weight excluding hydrogens is 487 g/mol. The van der Waals surface area contributed by atoms with Crippen molar-refractivity contribution in [2.75, 3.05) is 17.7 Å². The minimum absolute atomic E-state index is 0.378. The van der Waals surface area contributed by atoms with Crippen molar-refractivity contribution in [2.45, 2.75) is 13.5 Å². The molecule has 164 valence electrons. The summed E-state index contributed by atoms with van der Waals surface area (Å²) in [6, 6.07) is 15.2. The van der Waals surface area contributed by atoms with E-state index in [9.17, 15) is 4.79 Å². The van der Waals surface area contributed by atoms with Crippen LogP contribution in [0.3, 0.4) is 0 Å². The van der Waals surface area contributed by atoms with Gasteiger partial charge >= 0.3 is 5.97 Å². The maximum Gasteiger partial charge on any atom is 0.349 e. The zero-order valence-corrected chi connectivity index (χ0v) is 20.3. The molecule has 0 aliphatic rings. The van der Waals surface area contributed by atoms with E-state index in [1.165, 1.54) is 18.4 Å². The minimum atomic E-state index is -0.451. The van der Waals surface area contributed by atoms with Crippen LogP contribution in [0.15, 0.2) is 48.5 Å². The van der Waals surface area contributed by atoms with Crippen LogP contribution in [0.1, 0.15) is 20.9 Å². The van der Waals surface area contributed by atoms with Crippen molar-refractivity contribution < 1.29 is 9.53 Å². The topological polar surface area (TPSA) is 68.2 Å². The molecule has 2 aromatic heterocycles. The highest BCUT2D eigenvalue weighted by atomic mass is 35.5. The molecule has 0 atom stereocenters. The van der Waals surface area contributed by atoms with Crippen LogP contribution >= 0.6 is 46.8 Å². The van der Waals surface area contributed by atoms with Crippen LogP contribution in [0.5, 0.6) is 0 Å². The molecule has 10 heteroatoms. The quantitative estimate of drug-likeness (QED) is 0.243. The summed E-state index contributed by atoms with van der Waals surface area (Å²) >= 11 is 19.0. The van der Waals surface area contributed by atoms with Gasteiger partial charge in [-0.2, -0.15) is 5.10 Å². The normalized spacial score (nSPS) is 10.9. The number of hydrogen-bond donors (Lipinski definition) is 2. The number of nitrogens with zero attached hydrogens (tertiary/aromatic N) is 2. The molecule has 0 spiro atoms. The number of thiophene rings is 1. The van der Waals surface area contributed by atoms with E-state index in [4.69, 9.17) is 40.2 Å². The molecule has 0 saturated heterocycles. The number of methoxy groups -OCH3 is 1. The number of carbonyl (C=O) groups is 1. The Hall–Kier alpha value is -2.65. The van der Waals surface area contributed by atoms with Gasteiger partial charge in [-0.3, -0.25) is 4.68 Å². The summed E-state index contributed by atoms with van der Waals surface area (Å²) in [7, 11) is 1.33. The van der Waals surface area contributed by atoms with Gasteiger partial charge in [0.15, 0.2) is 10.9 Å². The average molecular weight is 505 g/mol. The van der Waals surface area contributed by atoms with Crippen molar-refractivity contribution in [3.05, 3.63) is 74.7 Å². The maximum atomic E-state index is 11.9. The number of fused-ring (bicyclic) bond motifs is 1. The molecule has 6 nitrogen and oxygen atoms in total. The Morgan fingerprint density at radius 1 is 1.16 bits per heavy atom. The molecule has 0 radical (unpaired) electrons. The van der Waals surface area contributed by atoms with E-state index in [2.05, 4.69) is 15.7 Å². The van der Waals surface area contributed by atoms with Gasteiger partial charge < -0.3 is 15.4 Å². The zero-order chi connectivity index (χ0) is 22.8. The summed E-state index contributed by atoms with van der Waals surface area (Å²) in [6.45, 7) is 2.61. The molecule has 0 aliphatic heterocycles. The number of aryl methyl sites for hydroxylation is 1. The van der Waals surface area contributed by atoms with Gasteiger partial charge in [0.25, 0.3) is 0 Å².